The molecule has 7 heteroatoms. The van der Waals surface area contributed by atoms with Crippen LogP contribution in [0.1, 0.15) is 110 Å². The maximum absolute atomic E-state index is 13.2. The zero-order chi connectivity index (χ0) is 29.1. The van der Waals surface area contributed by atoms with Gasteiger partial charge in [-0.25, -0.2) is 4.98 Å². The Labute approximate surface area is 249 Å². The lowest BCUT2D eigenvalue weighted by Crippen LogP contribution is -2.22. The molecule has 3 aromatic rings. The zero-order valence-electron chi connectivity index (χ0n) is 24.7. The summed E-state index contributed by atoms with van der Waals surface area (Å²) in [5, 5.41) is 0.547. The van der Waals surface area contributed by atoms with E-state index in [1.807, 2.05) is 24.3 Å². The van der Waals surface area contributed by atoms with E-state index >= 15 is 0 Å². The summed E-state index contributed by atoms with van der Waals surface area (Å²) < 4.78 is 6.81. The first-order valence-electron chi connectivity index (χ1n) is 15.5. The van der Waals surface area contributed by atoms with Gasteiger partial charge in [0.05, 0.1) is 29.6 Å². The smallest absolute Gasteiger partial charge is 0.306 e. The number of hydrogen-bond acceptors (Lipinski definition) is 6. The van der Waals surface area contributed by atoms with Crippen LogP contribution in [-0.4, -0.2) is 27.2 Å². The van der Waals surface area contributed by atoms with Crippen LogP contribution in [0.4, 0.5) is 0 Å². The number of rotatable bonds is 20. The second-order valence-corrected chi connectivity index (χ2v) is 11.7. The average Bonchev–Trinajstić information content (AvgIpc) is 2.98. The van der Waals surface area contributed by atoms with Crippen molar-refractivity contribution in [3.63, 3.8) is 0 Å². The van der Waals surface area contributed by atoms with Crippen LogP contribution in [-0.2, 0) is 14.3 Å². The van der Waals surface area contributed by atoms with Gasteiger partial charge in [0.15, 0.2) is 10.3 Å². The van der Waals surface area contributed by atoms with Gasteiger partial charge in [0.1, 0.15) is 0 Å². The summed E-state index contributed by atoms with van der Waals surface area (Å²) in [5.41, 5.74) is 0.941. The molecule has 0 atom stereocenters. The molecule has 0 aliphatic carbocycles. The van der Waals surface area contributed by atoms with E-state index in [1.54, 1.807) is 30.3 Å². The first kappa shape index (κ1) is 32.6. The Morgan fingerprint density at radius 2 is 1.29 bits per heavy atom. The number of aromatic nitrogens is 2. The molecule has 0 spiro atoms. The number of unbranched alkanes of at least 4 members (excludes halogenated alkanes) is 13. The van der Waals surface area contributed by atoms with Gasteiger partial charge in [-0.2, -0.15) is 0 Å². The molecule has 1 aromatic heterocycles. The molecule has 0 aliphatic heterocycles. The molecule has 0 N–H and O–H groups in total. The molecule has 0 bridgehead atoms. The summed E-state index contributed by atoms with van der Waals surface area (Å²) in [6.45, 7) is 2.66. The maximum Gasteiger partial charge on any atom is 0.306 e. The molecule has 2 aromatic carbocycles. The van der Waals surface area contributed by atoms with E-state index in [2.05, 4.69) is 11.9 Å². The van der Waals surface area contributed by atoms with Crippen LogP contribution < -0.4 is 5.56 Å². The van der Waals surface area contributed by atoms with Crippen LogP contribution in [0.2, 0.25) is 0 Å². The average molecular weight is 579 g/mol. The number of benzene rings is 2. The maximum atomic E-state index is 13.2. The molecule has 0 unspecified atom stereocenters. The van der Waals surface area contributed by atoms with Crippen molar-refractivity contribution in [2.45, 2.75) is 115 Å². The lowest BCUT2D eigenvalue weighted by molar-refractivity contribution is -0.144. The molecule has 0 aliphatic rings. The van der Waals surface area contributed by atoms with Gasteiger partial charge in [0.2, 0.25) is 0 Å². The number of para-hydroxylation sites is 2. The minimum Gasteiger partial charge on any atom is -0.466 e. The third kappa shape index (κ3) is 11.8. The second-order valence-electron chi connectivity index (χ2n) is 10.7. The highest BCUT2D eigenvalue weighted by Gasteiger charge is 2.17. The van der Waals surface area contributed by atoms with Crippen molar-refractivity contribution >= 4 is 33.7 Å². The third-order valence-electron chi connectivity index (χ3n) is 7.26. The van der Waals surface area contributed by atoms with Crippen LogP contribution in [0, 0.1) is 0 Å². The lowest BCUT2D eigenvalue weighted by atomic mass is 10.0. The van der Waals surface area contributed by atoms with E-state index in [-0.39, 0.29) is 29.5 Å². The van der Waals surface area contributed by atoms with Crippen LogP contribution in [0.3, 0.4) is 0 Å². The minimum absolute atomic E-state index is 0.0214. The van der Waals surface area contributed by atoms with E-state index in [0.717, 1.165) is 24.6 Å². The summed E-state index contributed by atoms with van der Waals surface area (Å²) in [7, 11) is 0. The number of ether oxygens (including phenoxy) is 1. The van der Waals surface area contributed by atoms with Gasteiger partial charge in [-0.05, 0) is 42.4 Å². The lowest BCUT2D eigenvalue weighted by Gasteiger charge is -2.12. The van der Waals surface area contributed by atoms with Crippen LogP contribution >= 0.6 is 11.8 Å². The first-order chi connectivity index (χ1) is 20.1. The highest BCUT2D eigenvalue weighted by atomic mass is 32.2. The SMILES string of the molecule is CCCCCCCCCCCCCCCCOC(=O)CCC(=O)Sc1nc2ccccc2c(=O)n1-c1ccccc1. The monoisotopic (exact) mass is 578 g/mol. The van der Waals surface area contributed by atoms with Gasteiger partial charge in [-0.3, -0.25) is 19.0 Å². The Balaban J connectivity index is 1.30. The molecule has 6 nitrogen and oxygen atoms in total. The van der Waals surface area contributed by atoms with Crippen molar-refractivity contribution in [3.8, 4) is 5.69 Å². The molecule has 222 valence electrons. The Bertz CT molecular complexity index is 1260. The standard InChI is InChI=1S/C34H46N2O4S/c1-2-3-4-5-6-7-8-9-10-11-12-13-14-20-27-40-31(37)25-26-32(38)41-34-35-30-24-19-18-23-29(30)33(39)36(34)28-21-16-15-17-22-28/h15-19,21-24H,2-14,20,25-27H2,1H3. The molecule has 0 fully saturated rings. The number of hydrogen-bond donors (Lipinski definition) is 0. The Morgan fingerprint density at radius 1 is 0.732 bits per heavy atom. The molecule has 3 rings (SSSR count). The highest BCUT2D eigenvalue weighted by Crippen LogP contribution is 2.23. The molecular formula is C34H46N2O4S. The molecule has 0 saturated carbocycles. The molecule has 41 heavy (non-hydrogen) atoms. The predicted octanol–water partition coefficient (Wildman–Crippen LogP) is 8.81. The van der Waals surface area contributed by atoms with E-state index in [0.29, 0.717) is 28.4 Å². The zero-order valence-corrected chi connectivity index (χ0v) is 25.5. The van der Waals surface area contributed by atoms with Gasteiger partial charge >= 0.3 is 5.97 Å². The summed E-state index contributed by atoms with van der Waals surface area (Å²) in [6, 6.07) is 16.2. The summed E-state index contributed by atoms with van der Waals surface area (Å²) in [6.07, 6.45) is 18.0. The van der Waals surface area contributed by atoms with Gasteiger partial charge in [-0.1, -0.05) is 121 Å². The van der Waals surface area contributed by atoms with Gasteiger partial charge < -0.3 is 4.74 Å². The quantitative estimate of drug-likeness (QED) is 0.0577. The summed E-state index contributed by atoms with van der Waals surface area (Å²) >= 11 is 0.890. The Hall–Kier alpha value is -2.93. The number of fused-ring (bicyclic) bond motifs is 1. The molecule has 0 amide bonds. The Morgan fingerprint density at radius 3 is 1.93 bits per heavy atom. The summed E-state index contributed by atoms with van der Waals surface area (Å²) in [4.78, 5) is 42.8. The number of nitrogens with zero attached hydrogens (tertiary/aromatic N) is 2. The third-order valence-corrected chi connectivity index (χ3v) is 8.15. The molecular weight excluding hydrogens is 532 g/mol. The number of esters is 1. The summed E-state index contributed by atoms with van der Waals surface area (Å²) in [5.74, 6) is -0.361. The molecule has 0 saturated heterocycles. The van der Waals surface area contributed by atoms with E-state index in [9.17, 15) is 14.4 Å². The number of thioether (sulfide) groups is 1. The van der Waals surface area contributed by atoms with Crippen molar-refractivity contribution < 1.29 is 14.3 Å². The molecule has 1 heterocycles. The van der Waals surface area contributed by atoms with Gasteiger partial charge in [-0.15, -0.1) is 0 Å². The largest absolute Gasteiger partial charge is 0.466 e. The van der Waals surface area contributed by atoms with E-state index in [4.69, 9.17) is 4.74 Å². The van der Waals surface area contributed by atoms with Crippen molar-refractivity contribution in [2.75, 3.05) is 6.61 Å². The van der Waals surface area contributed by atoms with Gasteiger partial charge in [0.25, 0.3) is 5.56 Å². The minimum atomic E-state index is -0.361. The van der Waals surface area contributed by atoms with Crippen LogP contribution in [0.25, 0.3) is 16.6 Å². The highest BCUT2D eigenvalue weighted by molar-refractivity contribution is 8.13. The normalized spacial score (nSPS) is 11.1. The van der Waals surface area contributed by atoms with Crippen LogP contribution in [0.15, 0.2) is 64.5 Å². The molecule has 0 radical (unpaired) electrons. The fourth-order valence-corrected chi connectivity index (χ4v) is 5.73. The van der Waals surface area contributed by atoms with Crippen molar-refractivity contribution in [2.24, 2.45) is 0 Å². The van der Waals surface area contributed by atoms with Crippen molar-refractivity contribution in [3.05, 3.63) is 65.0 Å². The second kappa shape index (κ2) is 19.2. The number of carbonyl (C=O) groups excluding carboxylic acids is 2. The van der Waals surface area contributed by atoms with Crippen LogP contribution in [0.5, 0.6) is 0 Å². The fraction of sp³-hybridized carbons (Fsp3) is 0.529. The predicted molar refractivity (Wildman–Crippen MR) is 169 cm³/mol. The first-order valence-corrected chi connectivity index (χ1v) is 16.4. The number of carbonyl (C=O) groups is 2. The topological polar surface area (TPSA) is 78.3 Å². The van der Waals surface area contributed by atoms with Crippen molar-refractivity contribution in [1.29, 1.82) is 0 Å². The van der Waals surface area contributed by atoms with E-state index < -0.39 is 0 Å². The van der Waals surface area contributed by atoms with E-state index in [1.165, 1.54) is 81.6 Å². The Kier molecular flexibility index (Phi) is 15.3. The van der Waals surface area contributed by atoms with Gasteiger partial charge in [0, 0.05) is 6.42 Å². The fourth-order valence-electron chi connectivity index (χ4n) is 4.90. The van der Waals surface area contributed by atoms with Crippen molar-refractivity contribution in [1.82, 2.24) is 9.55 Å².